The molecule has 2 amide bonds. The predicted octanol–water partition coefficient (Wildman–Crippen LogP) is 4.82. The number of alkyl halides is 3. The van der Waals surface area contributed by atoms with Gasteiger partial charge >= 0.3 is 6.18 Å². The van der Waals surface area contributed by atoms with Gasteiger partial charge < -0.3 is 20.4 Å². The van der Waals surface area contributed by atoms with Crippen LogP contribution >= 0.6 is 11.6 Å². The minimum absolute atomic E-state index is 0.0108. The molecule has 7 nitrogen and oxygen atoms in total. The summed E-state index contributed by atoms with van der Waals surface area (Å²) >= 11 is 6.10. The molecular formula is C36H44ClF3N5O2+. The van der Waals surface area contributed by atoms with Crippen LogP contribution in [0.4, 0.5) is 13.2 Å². The lowest BCUT2D eigenvalue weighted by atomic mass is 9.97. The van der Waals surface area contributed by atoms with Crippen molar-refractivity contribution in [3.63, 3.8) is 0 Å². The van der Waals surface area contributed by atoms with Crippen LogP contribution in [0.15, 0.2) is 72.8 Å². The lowest BCUT2D eigenvalue weighted by molar-refractivity contribution is -0.700. The van der Waals surface area contributed by atoms with Crippen molar-refractivity contribution in [2.24, 2.45) is 0 Å². The standard InChI is InChI=1S/C36H43ClF3N5O2/c1-3-43(4-2)24-33(29-11-7-8-12-30(29)36(38,39)40)44-17-19-45(20-18-44)35(47)32(21-25-13-15-27(37)16-14-25)42-34(46)22-31-28-10-6-5-9-26(28)23-41-31/h5-16,31-33,41H,3-4,17-24H2,1-2H3,(H,42,46)/p+1. The third-order valence-electron chi connectivity index (χ3n) is 9.49. The van der Waals surface area contributed by atoms with Crippen LogP contribution in [0.3, 0.4) is 0 Å². The van der Waals surface area contributed by atoms with E-state index >= 15 is 0 Å². The van der Waals surface area contributed by atoms with Gasteiger partial charge in [-0.15, -0.1) is 0 Å². The summed E-state index contributed by atoms with van der Waals surface area (Å²) in [5.74, 6) is -0.392. The van der Waals surface area contributed by atoms with E-state index in [1.54, 1.807) is 29.2 Å². The van der Waals surface area contributed by atoms with Crippen LogP contribution in [0.25, 0.3) is 0 Å². The maximum atomic E-state index is 14.1. The molecule has 0 saturated carbocycles. The van der Waals surface area contributed by atoms with Gasteiger partial charge in [0.1, 0.15) is 18.6 Å². The molecule has 1 fully saturated rings. The Balaban J connectivity index is 1.31. The molecule has 2 aliphatic heterocycles. The Labute approximate surface area is 280 Å². The Bertz CT molecular complexity index is 1510. The van der Waals surface area contributed by atoms with Crippen LogP contribution < -0.4 is 10.6 Å². The summed E-state index contributed by atoms with van der Waals surface area (Å²) in [5.41, 5.74) is 2.86. The van der Waals surface area contributed by atoms with Gasteiger partial charge in [-0.3, -0.25) is 14.5 Å². The van der Waals surface area contributed by atoms with Gasteiger partial charge in [-0.05, 0) is 42.4 Å². The van der Waals surface area contributed by atoms with Gasteiger partial charge in [0.25, 0.3) is 0 Å². The molecule has 3 aromatic rings. The maximum Gasteiger partial charge on any atom is 0.416 e. The summed E-state index contributed by atoms with van der Waals surface area (Å²) in [5, 5.41) is 5.76. The Hall–Kier alpha value is -3.44. The number of nitrogens with zero attached hydrogens (tertiary/aromatic N) is 3. The number of rotatable bonds is 12. The largest absolute Gasteiger partial charge is 0.416 e. The van der Waals surface area contributed by atoms with Gasteiger partial charge in [-0.2, -0.15) is 13.2 Å². The van der Waals surface area contributed by atoms with E-state index in [1.807, 2.05) is 44.2 Å². The molecule has 0 radical (unpaired) electrons. The number of hydrogen-bond acceptors (Lipinski definition) is 4. The monoisotopic (exact) mass is 670 g/mol. The fraction of sp³-hybridized carbons (Fsp3) is 0.444. The second-order valence-electron chi connectivity index (χ2n) is 12.3. The number of likely N-dealkylation sites (N-methyl/N-ethyl adjacent to an activating group) is 1. The van der Waals surface area contributed by atoms with Crippen molar-refractivity contribution in [3.8, 4) is 0 Å². The molecule has 2 heterocycles. The number of carbonyl (C=O) groups excluding carboxylic acids is 2. The van der Waals surface area contributed by atoms with Crippen LogP contribution in [0.1, 0.15) is 60.2 Å². The summed E-state index contributed by atoms with van der Waals surface area (Å²) in [6, 6.07) is 19.8. The average Bonchev–Trinajstić information content (AvgIpc) is 3.48. The molecule has 0 aromatic heterocycles. The summed E-state index contributed by atoms with van der Waals surface area (Å²) in [7, 11) is 0. The lowest BCUT2D eigenvalue weighted by Gasteiger charge is -2.42. The van der Waals surface area contributed by atoms with E-state index in [-0.39, 0.29) is 29.8 Å². The molecule has 1 saturated heterocycles. The highest BCUT2D eigenvalue weighted by molar-refractivity contribution is 6.30. The molecule has 3 N–H and O–H groups in total. The van der Waals surface area contributed by atoms with Crippen molar-refractivity contribution in [2.45, 2.75) is 57.5 Å². The molecule has 0 bridgehead atoms. The molecule has 3 atom stereocenters. The molecule has 47 heavy (non-hydrogen) atoms. The minimum atomic E-state index is -4.47. The summed E-state index contributed by atoms with van der Waals surface area (Å²) < 4.78 is 42.3. The van der Waals surface area contributed by atoms with Gasteiger partial charge in [0.05, 0.1) is 12.0 Å². The van der Waals surface area contributed by atoms with Crippen LogP contribution in [0, 0.1) is 0 Å². The lowest BCUT2D eigenvalue weighted by Crippen LogP contribution is -2.81. The van der Waals surface area contributed by atoms with Crippen molar-refractivity contribution in [3.05, 3.63) is 106 Å². The molecule has 3 unspecified atom stereocenters. The average molecular weight is 671 g/mol. The summed E-state index contributed by atoms with van der Waals surface area (Å²) in [6.07, 6.45) is -3.92. The Morgan fingerprint density at radius 2 is 1.62 bits per heavy atom. The number of hydrogen-bond donors (Lipinski definition) is 2. The first-order valence-electron chi connectivity index (χ1n) is 16.4. The third kappa shape index (κ3) is 8.73. The van der Waals surface area contributed by atoms with E-state index in [4.69, 9.17) is 11.6 Å². The third-order valence-corrected chi connectivity index (χ3v) is 9.74. The van der Waals surface area contributed by atoms with Gasteiger partial charge in [-0.25, -0.2) is 0 Å². The first-order chi connectivity index (χ1) is 22.6. The van der Waals surface area contributed by atoms with E-state index < -0.39 is 23.8 Å². The zero-order valence-electron chi connectivity index (χ0n) is 27.0. The van der Waals surface area contributed by atoms with Gasteiger partial charge in [-0.1, -0.05) is 80.0 Å². The van der Waals surface area contributed by atoms with Crippen molar-refractivity contribution in [1.29, 1.82) is 0 Å². The highest BCUT2D eigenvalue weighted by atomic mass is 35.5. The van der Waals surface area contributed by atoms with Gasteiger partial charge in [0, 0.05) is 61.3 Å². The molecule has 0 spiro atoms. The Morgan fingerprint density at radius 3 is 2.30 bits per heavy atom. The summed E-state index contributed by atoms with van der Waals surface area (Å²) in [6.45, 7) is 8.23. The highest BCUT2D eigenvalue weighted by Gasteiger charge is 2.38. The second kappa shape index (κ2) is 15.6. The first-order valence-corrected chi connectivity index (χ1v) is 16.8. The van der Waals surface area contributed by atoms with Crippen molar-refractivity contribution < 1.29 is 28.1 Å². The molecule has 11 heteroatoms. The molecular weight excluding hydrogens is 627 g/mol. The van der Waals surface area contributed by atoms with E-state index in [9.17, 15) is 22.8 Å². The van der Waals surface area contributed by atoms with Crippen LogP contribution in [-0.2, 0) is 28.7 Å². The topological polar surface area (TPSA) is 72.5 Å². The SMILES string of the molecule is CCN(CC)CC(c1ccccc1C(F)(F)F)N1CCN(C(=O)C(Cc2ccc(Cl)cc2)NC(=O)CC2[NH2+]Cc3ccccc32)CC1. The number of carbonyl (C=O) groups is 2. The molecule has 3 aromatic carbocycles. The van der Waals surface area contributed by atoms with Crippen LogP contribution in [-0.4, -0.2) is 78.4 Å². The van der Waals surface area contributed by atoms with E-state index in [2.05, 4.69) is 26.5 Å². The summed E-state index contributed by atoms with van der Waals surface area (Å²) in [4.78, 5) is 33.4. The second-order valence-corrected chi connectivity index (χ2v) is 12.8. The number of amides is 2. The Morgan fingerprint density at radius 1 is 0.957 bits per heavy atom. The zero-order chi connectivity index (χ0) is 33.6. The maximum absolute atomic E-state index is 14.1. The number of piperazine rings is 1. The van der Waals surface area contributed by atoms with Gasteiger partial charge in [0.15, 0.2) is 0 Å². The quantitative estimate of drug-likeness (QED) is 0.290. The predicted molar refractivity (Wildman–Crippen MR) is 177 cm³/mol. The number of nitrogens with two attached hydrogens (primary N) is 1. The normalized spacial score (nSPS) is 18.2. The number of quaternary nitrogens is 1. The van der Waals surface area contributed by atoms with Crippen molar-refractivity contribution in [2.75, 3.05) is 45.8 Å². The van der Waals surface area contributed by atoms with E-state index in [0.29, 0.717) is 44.2 Å². The number of halogens is 4. The minimum Gasteiger partial charge on any atom is -0.344 e. The van der Waals surface area contributed by atoms with Crippen molar-refractivity contribution >= 4 is 23.4 Å². The number of fused-ring (bicyclic) bond motifs is 1. The highest BCUT2D eigenvalue weighted by Crippen LogP contribution is 2.37. The van der Waals surface area contributed by atoms with Crippen LogP contribution in [0.2, 0.25) is 5.02 Å². The first kappa shape index (κ1) is 34.9. The van der Waals surface area contributed by atoms with Crippen LogP contribution in [0.5, 0.6) is 0 Å². The molecule has 0 aliphatic carbocycles. The molecule has 252 valence electrons. The molecule has 5 rings (SSSR count). The Kier molecular flexibility index (Phi) is 11.6. The zero-order valence-corrected chi connectivity index (χ0v) is 27.7. The van der Waals surface area contributed by atoms with E-state index in [0.717, 1.165) is 36.8 Å². The fourth-order valence-corrected chi connectivity index (χ4v) is 6.96. The van der Waals surface area contributed by atoms with E-state index in [1.165, 1.54) is 11.6 Å². The smallest absolute Gasteiger partial charge is 0.344 e. The van der Waals surface area contributed by atoms with Gasteiger partial charge in [0.2, 0.25) is 11.8 Å². The number of benzene rings is 3. The fourth-order valence-electron chi connectivity index (χ4n) is 6.84. The molecule has 2 aliphatic rings. The number of nitrogens with one attached hydrogen (secondary N) is 1. The van der Waals surface area contributed by atoms with Crippen molar-refractivity contribution in [1.82, 2.24) is 20.0 Å².